The summed E-state index contributed by atoms with van der Waals surface area (Å²) in [7, 11) is 0. The second kappa shape index (κ2) is 6.35. The van der Waals surface area contributed by atoms with Crippen LogP contribution >= 0.6 is 0 Å². The Balaban J connectivity index is 2.02. The predicted octanol–water partition coefficient (Wildman–Crippen LogP) is 2.15. The zero-order valence-electron chi connectivity index (χ0n) is 14.7. The molecule has 1 aromatic carbocycles. The van der Waals surface area contributed by atoms with E-state index in [4.69, 9.17) is 4.74 Å². The number of phenols is 2. The molecule has 1 aliphatic carbocycles. The van der Waals surface area contributed by atoms with Gasteiger partial charge in [-0.15, -0.1) is 0 Å². The van der Waals surface area contributed by atoms with Crippen molar-refractivity contribution in [3.05, 3.63) is 35.4 Å². The SMILES string of the molecule is CC(=O)N[C@@]1(C)C[C@@H](c2cccc(O)c2O)O[C@H]2[C@H](O)C(C)=CC[C@H]21. The first-order chi connectivity index (χ1) is 11.7. The van der Waals surface area contributed by atoms with Crippen LogP contribution in [0.3, 0.4) is 0 Å². The van der Waals surface area contributed by atoms with Gasteiger partial charge in [0, 0.05) is 30.4 Å². The summed E-state index contributed by atoms with van der Waals surface area (Å²) < 4.78 is 6.16. The third kappa shape index (κ3) is 3.12. The van der Waals surface area contributed by atoms with Crippen molar-refractivity contribution in [2.24, 2.45) is 5.92 Å². The number of benzene rings is 1. The van der Waals surface area contributed by atoms with Gasteiger partial charge < -0.3 is 25.4 Å². The van der Waals surface area contributed by atoms with Gasteiger partial charge in [-0.25, -0.2) is 0 Å². The molecule has 0 radical (unpaired) electrons. The van der Waals surface area contributed by atoms with E-state index in [0.29, 0.717) is 18.4 Å². The molecule has 1 aromatic rings. The summed E-state index contributed by atoms with van der Waals surface area (Å²) in [6.07, 6.45) is 1.30. The van der Waals surface area contributed by atoms with Crippen molar-refractivity contribution >= 4 is 5.91 Å². The maximum absolute atomic E-state index is 11.8. The number of aliphatic hydroxyl groups excluding tert-OH is 1. The quantitative estimate of drug-likeness (QED) is 0.485. The molecule has 1 fully saturated rings. The highest BCUT2D eigenvalue weighted by Gasteiger charge is 2.51. The highest BCUT2D eigenvalue weighted by atomic mass is 16.5. The number of nitrogens with one attached hydrogen (secondary N) is 1. The van der Waals surface area contributed by atoms with Crippen LogP contribution in [-0.4, -0.2) is 39.0 Å². The molecule has 5 atom stereocenters. The highest BCUT2D eigenvalue weighted by molar-refractivity contribution is 5.74. The fourth-order valence-electron chi connectivity index (χ4n) is 4.15. The summed E-state index contributed by atoms with van der Waals surface area (Å²) in [6.45, 7) is 5.27. The Bertz CT molecular complexity index is 716. The Morgan fingerprint density at radius 2 is 2.08 bits per heavy atom. The molecule has 1 amide bonds. The Morgan fingerprint density at radius 1 is 1.36 bits per heavy atom. The Hall–Kier alpha value is -2.05. The van der Waals surface area contributed by atoms with E-state index >= 15 is 0 Å². The summed E-state index contributed by atoms with van der Waals surface area (Å²) in [6, 6.07) is 4.73. The number of rotatable bonds is 2. The molecule has 0 unspecified atom stereocenters. The first kappa shape index (κ1) is 17.8. The zero-order valence-corrected chi connectivity index (χ0v) is 14.7. The molecule has 136 valence electrons. The summed E-state index contributed by atoms with van der Waals surface area (Å²) in [5.41, 5.74) is 0.691. The van der Waals surface area contributed by atoms with Gasteiger partial charge in [0.15, 0.2) is 11.5 Å². The molecule has 1 heterocycles. The van der Waals surface area contributed by atoms with Crippen molar-refractivity contribution in [1.29, 1.82) is 0 Å². The van der Waals surface area contributed by atoms with Crippen LogP contribution in [0.15, 0.2) is 29.8 Å². The van der Waals surface area contributed by atoms with E-state index in [9.17, 15) is 20.1 Å². The highest BCUT2D eigenvalue weighted by Crippen LogP contribution is 2.48. The van der Waals surface area contributed by atoms with Crippen LogP contribution in [0.1, 0.15) is 45.3 Å². The summed E-state index contributed by atoms with van der Waals surface area (Å²) in [5.74, 6) is -0.674. The Kier molecular flexibility index (Phi) is 4.51. The second-order valence-electron chi connectivity index (χ2n) is 7.34. The van der Waals surface area contributed by atoms with Gasteiger partial charge in [-0.05, 0) is 31.9 Å². The molecule has 6 heteroatoms. The number of allylic oxidation sites excluding steroid dienone is 1. The third-order valence-corrected chi connectivity index (χ3v) is 5.47. The average Bonchev–Trinajstić information content (AvgIpc) is 2.52. The van der Waals surface area contributed by atoms with Crippen LogP contribution in [-0.2, 0) is 9.53 Å². The van der Waals surface area contributed by atoms with Crippen LogP contribution in [0.4, 0.5) is 0 Å². The standard InChI is InChI=1S/C19H25NO5/c1-10-7-8-13-18(16(10)23)25-15(9-19(13,3)20-11(2)21)12-5-4-6-14(22)17(12)24/h4-7,13,15-16,18,22-24H,8-9H2,1-3H3,(H,20,21)/t13-,15+,16-,18-,19+/m1/s1. The number of phenolic OH excluding ortho intramolecular Hbond substituents is 2. The minimum absolute atomic E-state index is 0.0780. The molecule has 25 heavy (non-hydrogen) atoms. The molecular formula is C19H25NO5. The molecule has 2 aliphatic rings. The van der Waals surface area contributed by atoms with Gasteiger partial charge in [0.25, 0.3) is 0 Å². The predicted molar refractivity (Wildman–Crippen MR) is 92.1 cm³/mol. The molecule has 6 nitrogen and oxygen atoms in total. The molecule has 1 aliphatic heterocycles. The van der Waals surface area contributed by atoms with Gasteiger partial charge in [-0.3, -0.25) is 4.79 Å². The number of hydrogen-bond donors (Lipinski definition) is 4. The molecule has 1 saturated heterocycles. The van der Waals surface area contributed by atoms with E-state index in [1.54, 1.807) is 12.1 Å². The van der Waals surface area contributed by atoms with E-state index in [1.165, 1.54) is 13.0 Å². The van der Waals surface area contributed by atoms with Crippen molar-refractivity contribution in [1.82, 2.24) is 5.32 Å². The van der Waals surface area contributed by atoms with Crippen LogP contribution < -0.4 is 5.32 Å². The topological polar surface area (TPSA) is 99.0 Å². The molecule has 0 saturated carbocycles. The number of aliphatic hydroxyl groups is 1. The van der Waals surface area contributed by atoms with Crippen molar-refractivity contribution in [2.75, 3.05) is 0 Å². The lowest BCUT2D eigenvalue weighted by molar-refractivity contribution is -0.165. The van der Waals surface area contributed by atoms with E-state index in [1.807, 2.05) is 19.9 Å². The van der Waals surface area contributed by atoms with Crippen LogP contribution in [0.25, 0.3) is 0 Å². The van der Waals surface area contributed by atoms with Crippen LogP contribution in [0.2, 0.25) is 0 Å². The lowest BCUT2D eigenvalue weighted by atomic mass is 9.68. The minimum Gasteiger partial charge on any atom is -0.504 e. The lowest BCUT2D eigenvalue weighted by Crippen LogP contribution is -2.62. The number of fused-ring (bicyclic) bond motifs is 1. The molecule has 0 bridgehead atoms. The Morgan fingerprint density at radius 3 is 2.76 bits per heavy atom. The van der Waals surface area contributed by atoms with Gasteiger partial charge in [0.05, 0.1) is 12.2 Å². The fraction of sp³-hybridized carbons (Fsp3) is 0.526. The van der Waals surface area contributed by atoms with Crippen molar-refractivity contribution in [3.8, 4) is 11.5 Å². The molecular weight excluding hydrogens is 322 g/mol. The van der Waals surface area contributed by atoms with Crippen LogP contribution in [0, 0.1) is 5.92 Å². The number of carbonyl (C=O) groups excluding carboxylic acids is 1. The fourth-order valence-corrected chi connectivity index (χ4v) is 4.15. The molecule has 4 N–H and O–H groups in total. The average molecular weight is 347 g/mol. The second-order valence-corrected chi connectivity index (χ2v) is 7.34. The first-order valence-electron chi connectivity index (χ1n) is 8.52. The van der Waals surface area contributed by atoms with E-state index in [0.717, 1.165) is 5.57 Å². The van der Waals surface area contributed by atoms with Crippen molar-refractivity contribution in [3.63, 3.8) is 0 Å². The van der Waals surface area contributed by atoms with Crippen molar-refractivity contribution in [2.45, 2.75) is 57.5 Å². The Labute approximate surface area is 147 Å². The number of hydrogen-bond acceptors (Lipinski definition) is 5. The smallest absolute Gasteiger partial charge is 0.217 e. The van der Waals surface area contributed by atoms with Gasteiger partial charge >= 0.3 is 0 Å². The van der Waals surface area contributed by atoms with Gasteiger partial charge in [-0.2, -0.15) is 0 Å². The molecule has 0 spiro atoms. The summed E-state index contributed by atoms with van der Waals surface area (Å²) >= 11 is 0. The minimum atomic E-state index is -0.769. The van der Waals surface area contributed by atoms with Crippen molar-refractivity contribution < 1.29 is 24.9 Å². The van der Waals surface area contributed by atoms with Crippen LogP contribution in [0.5, 0.6) is 11.5 Å². The summed E-state index contributed by atoms with van der Waals surface area (Å²) in [5, 5.41) is 33.7. The maximum atomic E-state index is 11.8. The number of para-hydroxylation sites is 1. The first-order valence-corrected chi connectivity index (χ1v) is 8.52. The number of amides is 1. The molecule has 0 aromatic heterocycles. The van der Waals surface area contributed by atoms with E-state index < -0.39 is 23.9 Å². The van der Waals surface area contributed by atoms with Gasteiger partial charge in [0.1, 0.15) is 6.10 Å². The summed E-state index contributed by atoms with van der Waals surface area (Å²) in [4.78, 5) is 11.8. The maximum Gasteiger partial charge on any atom is 0.217 e. The number of carbonyl (C=O) groups is 1. The monoisotopic (exact) mass is 347 g/mol. The number of ether oxygens (including phenoxy) is 1. The van der Waals surface area contributed by atoms with E-state index in [-0.39, 0.29) is 23.3 Å². The zero-order chi connectivity index (χ0) is 18.4. The van der Waals surface area contributed by atoms with Gasteiger partial charge in [-0.1, -0.05) is 18.2 Å². The third-order valence-electron chi connectivity index (χ3n) is 5.47. The lowest BCUT2D eigenvalue weighted by Gasteiger charge is -2.52. The van der Waals surface area contributed by atoms with E-state index in [2.05, 4.69) is 5.32 Å². The normalized spacial score (nSPS) is 34.8. The largest absolute Gasteiger partial charge is 0.504 e. The molecule has 3 rings (SSSR count). The number of aromatic hydroxyl groups is 2. The van der Waals surface area contributed by atoms with Gasteiger partial charge in [0.2, 0.25) is 5.91 Å².